The van der Waals surface area contributed by atoms with Crippen molar-refractivity contribution in [2.24, 2.45) is 11.7 Å². The van der Waals surface area contributed by atoms with Crippen molar-refractivity contribution in [3.8, 4) is 0 Å². The lowest BCUT2D eigenvalue weighted by molar-refractivity contribution is -0.121. The molecule has 0 spiro atoms. The number of hydrogen-bond donors (Lipinski definition) is 2. The number of amides is 2. The number of hydrogen-bond acceptors (Lipinski definition) is 3. The van der Waals surface area contributed by atoms with Crippen LogP contribution in [0.5, 0.6) is 0 Å². The van der Waals surface area contributed by atoms with E-state index in [9.17, 15) is 9.59 Å². The van der Waals surface area contributed by atoms with Crippen LogP contribution in [0.3, 0.4) is 0 Å². The summed E-state index contributed by atoms with van der Waals surface area (Å²) in [4.78, 5) is 25.2. The van der Waals surface area contributed by atoms with E-state index in [2.05, 4.69) is 0 Å². The summed E-state index contributed by atoms with van der Waals surface area (Å²) in [5, 5.41) is 0. The van der Waals surface area contributed by atoms with Gasteiger partial charge in [0.1, 0.15) is 0 Å². The van der Waals surface area contributed by atoms with Crippen molar-refractivity contribution in [1.82, 2.24) is 4.90 Å². The van der Waals surface area contributed by atoms with Gasteiger partial charge in [-0.25, -0.2) is 0 Å². The fourth-order valence-corrected chi connectivity index (χ4v) is 2.45. The molecule has 1 fully saturated rings. The summed E-state index contributed by atoms with van der Waals surface area (Å²) in [7, 11) is 0. The molecule has 1 aliphatic heterocycles. The lowest BCUT2D eigenvalue weighted by Crippen LogP contribution is -2.32. The third kappa shape index (κ3) is 2.54. The molecule has 1 aromatic rings. The largest absolute Gasteiger partial charge is 0.398 e. The zero-order valence-electron chi connectivity index (χ0n) is 11.3. The van der Waals surface area contributed by atoms with Crippen molar-refractivity contribution in [2.75, 3.05) is 18.8 Å². The first-order chi connectivity index (χ1) is 8.90. The first-order valence-corrected chi connectivity index (χ1v) is 6.35. The molecular weight excluding hydrogens is 242 g/mol. The van der Waals surface area contributed by atoms with Crippen LogP contribution in [-0.2, 0) is 4.79 Å². The minimum atomic E-state index is -0.338. The highest BCUT2D eigenvalue weighted by molar-refractivity contribution is 5.97. The van der Waals surface area contributed by atoms with E-state index in [1.807, 2.05) is 19.9 Å². The number of nitrogen functional groups attached to an aromatic ring is 1. The van der Waals surface area contributed by atoms with Gasteiger partial charge in [-0.3, -0.25) is 9.59 Å². The average Bonchev–Trinajstić information content (AvgIpc) is 2.82. The second-order valence-electron chi connectivity index (χ2n) is 5.16. The minimum absolute atomic E-state index is 0.0760. The topological polar surface area (TPSA) is 89.4 Å². The van der Waals surface area contributed by atoms with Crippen LogP contribution in [0.4, 0.5) is 5.69 Å². The molecule has 4 N–H and O–H groups in total. The maximum absolute atomic E-state index is 12.4. The average molecular weight is 261 g/mol. The van der Waals surface area contributed by atoms with Gasteiger partial charge in [-0.15, -0.1) is 0 Å². The summed E-state index contributed by atoms with van der Waals surface area (Å²) in [6.07, 6.45) is 0.640. The second kappa shape index (κ2) is 4.91. The molecule has 19 heavy (non-hydrogen) atoms. The summed E-state index contributed by atoms with van der Waals surface area (Å²) < 4.78 is 0. The van der Waals surface area contributed by atoms with Crippen molar-refractivity contribution < 1.29 is 9.59 Å². The van der Waals surface area contributed by atoms with Crippen LogP contribution in [0.1, 0.15) is 27.9 Å². The van der Waals surface area contributed by atoms with Gasteiger partial charge in [0.15, 0.2) is 0 Å². The van der Waals surface area contributed by atoms with Crippen LogP contribution in [0.15, 0.2) is 12.1 Å². The Bertz CT molecular complexity index is 540. The molecule has 5 heteroatoms. The molecular formula is C14H19N3O2. The maximum Gasteiger partial charge on any atom is 0.254 e. The van der Waals surface area contributed by atoms with Crippen molar-refractivity contribution in [3.05, 3.63) is 28.8 Å². The minimum Gasteiger partial charge on any atom is -0.398 e. The Kier molecular flexibility index (Phi) is 3.46. The molecule has 5 nitrogen and oxygen atoms in total. The first kappa shape index (κ1) is 13.4. The quantitative estimate of drug-likeness (QED) is 0.773. The van der Waals surface area contributed by atoms with E-state index in [-0.39, 0.29) is 17.7 Å². The number of nitrogens with zero attached hydrogens (tertiary/aromatic N) is 1. The molecule has 0 saturated carbocycles. The molecule has 1 aliphatic rings. The van der Waals surface area contributed by atoms with Crippen LogP contribution in [-0.4, -0.2) is 29.8 Å². The number of carbonyl (C=O) groups is 2. The fraction of sp³-hybridized carbons (Fsp3) is 0.429. The molecule has 2 rings (SSSR count). The number of rotatable bonds is 2. The maximum atomic E-state index is 12.4. The smallest absolute Gasteiger partial charge is 0.254 e. The Balaban J connectivity index is 2.22. The van der Waals surface area contributed by atoms with Gasteiger partial charge >= 0.3 is 0 Å². The molecule has 0 radical (unpaired) electrons. The summed E-state index contributed by atoms with van der Waals surface area (Å²) >= 11 is 0. The Hall–Kier alpha value is -2.04. The third-order valence-corrected chi connectivity index (χ3v) is 3.72. The number of likely N-dealkylation sites (tertiary alicyclic amines) is 1. The van der Waals surface area contributed by atoms with Gasteiger partial charge in [0.25, 0.3) is 5.91 Å². The Morgan fingerprint density at radius 3 is 2.53 bits per heavy atom. The van der Waals surface area contributed by atoms with Crippen LogP contribution in [0, 0.1) is 19.8 Å². The molecule has 0 aromatic heterocycles. The van der Waals surface area contributed by atoms with Crippen LogP contribution in [0.2, 0.25) is 0 Å². The molecule has 1 aromatic carbocycles. The second-order valence-corrected chi connectivity index (χ2v) is 5.16. The molecule has 1 heterocycles. The van der Waals surface area contributed by atoms with E-state index in [1.165, 1.54) is 0 Å². The first-order valence-electron chi connectivity index (χ1n) is 6.35. The predicted molar refractivity (Wildman–Crippen MR) is 73.5 cm³/mol. The SMILES string of the molecule is Cc1cc(C)c(C(=O)N2CCC(C(N)=O)C2)cc1N. The standard InChI is InChI=1S/C14H19N3O2/c1-8-5-9(2)12(15)6-11(8)14(19)17-4-3-10(7-17)13(16)18/h5-6,10H,3-4,7,15H2,1-2H3,(H2,16,18). The fourth-order valence-electron chi connectivity index (χ4n) is 2.45. The lowest BCUT2D eigenvalue weighted by Gasteiger charge is -2.18. The predicted octanol–water partition coefficient (Wildman–Crippen LogP) is 0.833. The number of anilines is 1. The van der Waals surface area contributed by atoms with E-state index in [0.29, 0.717) is 30.8 Å². The molecule has 1 unspecified atom stereocenters. The van der Waals surface area contributed by atoms with Gasteiger partial charge in [-0.1, -0.05) is 6.07 Å². The van der Waals surface area contributed by atoms with Crippen LogP contribution in [0.25, 0.3) is 0 Å². The Labute approximate surface area is 112 Å². The van der Waals surface area contributed by atoms with Gasteiger partial charge < -0.3 is 16.4 Å². The summed E-state index contributed by atoms with van der Waals surface area (Å²) in [5.41, 5.74) is 14.2. The molecule has 2 amide bonds. The highest BCUT2D eigenvalue weighted by Gasteiger charge is 2.30. The Morgan fingerprint density at radius 2 is 1.95 bits per heavy atom. The molecule has 1 saturated heterocycles. The summed E-state index contributed by atoms with van der Waals surface area (Å²) in [6.45, 7) is 4.78. The third-order valence-electron chi connectivity index (χ3n) is 3.72. The molecule has 102 valence electrons. The van der Waals surface area contributed by atoms with Crippen molar-refractivity contribution in [2.45, 2.75) is 20.3 Å². The lowest BCUT2D eigenvalue weighted by atomic mass is 10.0. The highest BCUT2D eigenvalue weighted by Crippen LogP contribution is 2.23. The van der Waals surface area contributed by atoms with E-state index >= 15 is 0 Å². The van der Waals surface area contributed by atoms with Gasteiger partial charge in [0.2, 0.25) is 5.91 Å². The normalized spacial score (nSPS) is 18.6. The molecule has 1 atom stereocenters. The van der Waals surface area contributed by atoms with Crippen LogP contribution >= 0.6 is 0 Å². The van der Waals surface area contributed by atoms with E-state index in [1.54, 1.807) is 11.0 Å². The van der Waals surface area contributed by atoms with Crippen LogP contribution < -0.4 is 11.5 Å². The van der Waals surface area contributed by atoms with E-state index in [4.69, 9.17) is 11.5 Å². The number of carbonyl (C=O) groups excluding carboxylic acids is 2. The van der Waals surface area contributed by atoms with E-state index in [0.717, 1.165) is 11.1 Å². The number of nitrogens with two attached hydrogens (primary N) is 2. The van der Waals surface area contributed by atoms with E-state index < -0.39 is 0 Å². The number of aryl methyl sites for hydroxylation is 2. The van der Waals surface area contributed by atoms with Gasteiger partial charge in [-0.05, 0) is 37.5 Å². The zero-order valence-corrected chi connectivity index (χ0v) is 11.3. The van der Waals surface area contributed by atoms with Gasteiger partial charge in [0.05, 0.1) is 5.92 Å². The Morgan fingerprint density at radius 1 is 1.26 bits per heavy atom. The van der Waals surface area contributed by atoms with Crippen molar-refractivity contribution >= 4 is 17.5 Å². The number of benzene rings is 1. The van der Waals surface area contributed by atoms with Gasteiger partial charge in [0, 0.05) is 24.3 Å². The van der Waals surface area contributed by atoms with Gasteiger partial charge in [-0.2, -0.15) is 0 Å². The number of primary amides is 1. The summed E-state index contributed by atoms with van der Waals surface area (Å²) in [6, 6.07) is 3.62. The van der Waals surface area contributed by atoms with Crippen molar-refractivity contribution in [3.63, 3.8) is 0 Å². The summed E-state index contributed by atoms with van der Waals surface area (Å²) in [5.74, 6) is -0.643. The molecule has 0 aliphatic carbocycles. The highest BCUT2D eigenvalue weighted by atomic mass is 16.2. The zero-order chi connectivity index (χ0) is 14.2. The molecule has 0 bridgehead atoms. The monoisotopic (exact) mass is 261 g/mol. The van der Waals surface area contributed by atoms with Crippen molar-refractivity contribution in [1.29, 1.82) is 0 Å².